The molecule has 0 fully saturated rings. The first kappa shape index (κ1) is 34.2. The fraction of sp³-hybridized carbons (Fsp3) is 0.257. The van der Waals surface area contributed by atoms with Crippen LogP contribution in [0.25, 0.3) is 0 Å². The Hall–Kier alpha value is -3.66. The van der Waals surface area contributed by atoms with Gasteiger partial charge in [0.1, 0.15) is 12.6 Å². The maximum Gasteiger partial charge on any atom is 0.264 e. The molecule has 1 N–H and O–H groups in total. The van der Waals surface area contributed by atoms with Crippen LogP contribution in [0.3, 0.4) is 0 Å². The Bertz CT molecular complexity index is 1700. The van der Waals surface area contributed by atoms with Crippen LogP contribution in [0.2, 0.25) is 5.02 Å². The van der Waals surface area contributed by atoms with Crippen LogP contribution in [0.4, 0.5) is 5.69 Å². The van der Waals surface area contributed by atoms with Crippen molar-refractivity contribution in [2.24, 2.45) is 0 Å². The van der Waals surface area contributed by atoms with E-state index in [4.69, 9.17) is 11.6 Å². The Morgan fingerprint density at radius 1 is 0.889 bits per heavy atom. The number of rotatable bonds is 13. The van der Waals surface area contributed by atoms with E-state index in [1.54, 1.807) is 36.4 Å². The van der Waals surface area contributed by atoms with Gasteiger partial charge in [-0.25, -0.2) is 8.42 Å². The fourth-order valence-corrected chi connectivity index (χ4v) is 6.79. The largest absolute Gasteiger partial charge is 0.352 e. The van der Waals surface area contributed by atoms with Gasteiger partial charge >= 0.3 is 0 Å². The van der Waals surface area contributed by atoms with Crippen LogP contribution in [-0.2, 0) is 32.6 Å². The molecule has 2 amide bonds. The average Bonchev–Trinajstić information content (AvgIpc) is 3.02. The predicted octanol–water partition coefficient (Wildman–Crippen LogP) is 7.16. The van der Waals surface area contributed by atoms with Crippen molar-refractivity contribution in [3.63, 3.8) is 0 Å². The van der Waals surface area contributed by atoms with Crippen molar-refractivity contribution in [3.05, 3.63) is 129 Å². The molecule has 4 rings (SSSR count). The third-order valence-electron chi connectivity index (χ3n) is 7.52. The first-order valence-corrected chi connectivity index (χ1v) is 17.3. The molecule has 0 heterocycles. The summed E-state index contributed by atoms with van der Waals surface area (Å²) in [4.78, 5) is 29.9. The summed E-state index contributed by atoms with van der Waals surface area (Å²) in [5.41, 5.74) is 2.83. The molecule has 0 aliphatic rings. The van der Waals surface area contributed by atoms with E-state index >= 15 is 0 Å². The molecular weight excluding hydrogens is 674 g/mol. The Balaban J connectivity index is 1.80. The molecule has 0 radical (unpaired) electrons. The van der Waals surface area contributed by atoms with E-state index in [2.05, 4.69) is 21.2 Å². The molecule has 0 bridgehead atoms. The zero-order valence-electron chi connectivity index (χ0n) is 25.5. The van der Waals surface area contributed by atoms with Crippen molar-refractivity contribution in [1.29, 1.82) is 0 Å². The minimum Gasteiger partial charge on any atom is -0.352 e. The zero-order valence-corrected chi connectivity index (χ0v) is 28.6. The Morgan fingerprint density at radius 3 is 2.16 bits per heavy atom. The summed E-state index contributed by atoms with van der Waals surface area (Å²) >= 11 is 9.64. The van der Waals surface area contributed by atoms with Crippen molar-refractivity contribution in [1.82, 2.24) is 10.2 Å². The smallest absolute Gasteiger partial charge is 0.264 e. The highest BCUT2D eigenvalue weighted by molar-refractivity contribution is 9.10. The number of nitrogens with zero attached hydrogens (tertiary/aromatic N) is 2. The number of benzene rings is 4. The van der Waals surface area contributed by atoms with Gasteiger partial charge in [-0.05, 0) is 79.9 Å². The van der Waals surface area contributed by atoms with E-state index in [0.717, 1.165) is 25.5 Å². The second kappa shape index (κ2) is 15.6. The number of carbonyl (C=O) groups is 2. The number of anilines is 1. The van der Waals surface area contributed by atoms with Crippen molar-refractivity contribution < 1.29 is 18.0 Å². The minimum absolute atomic E-state index is 0.0461. The lowest BCUT2D eigenvalue weighted by molar-refractivity contribution is -0.140. The van der Waals surface area contributed by atoms with Crippen LogP contribution in [0, 0.1) is 6.92 Å². The lowest BCUT2D eigenvalue weighted by Crippen LogP contribution is -2.54. The van der Waals surface area contributed by atoms with Gasteiger partial charge in [0.25, 0.3) is 10.0 Å². The normalized spacial score (nSPS) is 12.6. The van der Waals surface area contributed by atoms with Gasteiger partial charge < -0.3 is 10.2 Å². The summed E-state index contributed by atoms with van der Waals surface area (Å²) in [6.07, 6.45) is 0.955. The molecule has 0 spiro atoms. The van der Waals surface area contributed by atoms with E-state index in [0.29, 0.717) is 11.4 Å². The van der Waals surface area contributed by atoms with Crippen molar-refractivity contribution in [3.8, 4) is 0 Å². The van der Waals surface area contributed by atoms with Crippen LogP contribution in [0.1, 0.15) is 37.0 Å². The van der Waals surface area contributed by atoms with Crippen molar-refractivity contribution in [2.45, 2.75) is 57.1 Å². The summed E-state index contributed by atoms with van der Waals surface area (Å²) < 4.78 is 30.1. The summed E-state index contributed by atoms with van der Waals surface area (Å²) in [5.74, 6) is -0.836. The molecule has 4 aromatic rings. The van der Waals surface area contributed by atoms with E-state index < -0.39 is 28.5 Å². The lowest BCUT2D eigenvalue weighted by Gasteiger charge is -2.34. The molecule has 0 saturated heterocycles. The monoisotopic (exact) mass is 709 g/mol. The number of hydrogen-bond donors (Lipinski definition) is 1. The number of carbonyl (C=O) groups excluding carboxylic acids is 2. The Labute approximate surface area is 279 Å². The molecule has 4 aromatic carbocycles. The number of halogens is 2. The van der Waals surface area contributed by atoms with Crippen LogP contribution in [0.5, 0.6) is 0 Å². The highest BCUT2D eigenvalue weighted by Gasteiger charge is 2.35. The van der Waals surface area contributed by atoms with Gasteiger partial charge in [-0.3, -0.25) is 13.9 Å². The SMILES string of the molecule is CC[C@H](C)NC(=O)[C@H](Cc1ccccc1)N(Cc1cccc(Br)c1)C(=O)CN(c1ccc(Cl)cc1)S(=O)(=O)c1ccc(C)cc1. The molecule has 236 valence electrons. The minimum atomic E-state index is -4.18. The van der Waals surface area contributed by atoms with Crippen LogP contribution >= 0.6 is 27.5 Å². The van der Waals surface area contributed by atoms with Gasteiger partial charge in [0.05, 0.1) is 10.6 Å². The molecule has 0 saturated carbocycles. The summed E-state index contributed by atoms with van der Waals surface area (Å²) in [6, 6.07) is 28.7. The highest BCUT2D eigenvalue weighted by atomic mass is 79.9. The second-order valence-corrected chi connectivity index (χ2v) is 14.2. The molecular formula is C35H37BrClN3O4S. The Kier molecular flexibility index (Phi) is 11.8. The van der Waals surface area contributed by atoms with Crippen LogP contribution in [0.15, 0.2) is 112 Å². The fourth-order valence-electron chi connectivity index (χ4n) is 4.80. The summed E-state index contributed by atoms with van der Waals surface area (Å²) in [5, 5.41) is 3.48. The number of hydrogen-bond acceptors (Lipinski definition) is 4. The standard InChI is InChI=1S/C35H37BrClN3O4S/c1-4-26(3)38-35(42)33(22-27-9-6-5-7-10-27)39(23-28-11-8-12-29(36)21-28)34(41)24-40(31-17-15-30(37)16-18-31)45(43,44)32-19-13-25(2)14-20-32/h5-21,26,33H,4,22-24H2,1-3H3,(H,38,42)/t26-,33-/m0/s1. The van der Waals surface area contributed by atoms with E-state index in [-0.39, 0.29) is 35.5 Å². The van der Waals surface area contributed by atoms with E-state index in [9.17, 15) is 18.0 Å². The van der Waals surface area contributed by atoms with Crippen molar-refractivity contribution >= 4 is 55.1 Å². The molecule has 7 nitrogen and oxygen atoms in total. The number of aryl methyl sites for hydroxylation is 1. The molecule has 10 heteroatoms. The van der Waals surface area contributed by atoms with E-state index in [1.807, 2.05) is 75.4 Å². The third-order valence-corrected chi connectivity index (χ3v) is 10.0. The van der Waals surface area contributed by atoms with Gasteiger partial charge in [0, 0.05) is 28.5 Å². The van der Waals surface area contributed by atoms with Gasteiger partial charge in [-0.15, -0.1) is 0 Å². The maximum atomic E-state index is 14.5. The van der Waals surface area contributed by atoms with Gasteiger partial charge in [0.15, 0.2) is 0 Å². The van der Waals surface area contributed by atoms with Gasteiger partial charge in [0.2, 0.25) is 11.8 Å². The Morgan fingerprint density at radius 2 is 1.53 bits per heavy atom. The zero-order chi connectivity index (χ0) is 32.6. The average molecular weight is 711 g/mol. The van der Waals surface area contributed by atoms with Crippen LogP contribution < -0.4 is 9.62 Å². The molecule has 45 heavy (non-hydrogen) atoms. The van der Waals surface area contributed by atoms with Gasteiger partial charge in [-0.1, -0.05) is 94.6 Å². The molecule has 0 unspecified atom stereocenters. The molecule has 2 atom stereocenters. The third kappa shape index (κ3) is 9.19. The first-order chi connectivity index (χ1) is 21.5. The lowest BCUT2D eigenvalue weighted by atomic mass is 10.0. The summed E-state index contributed by atoms with van der Waals surface area (Å²) in [7, 11) is -4.18. The van der Waals surface area contributed by atoms with Crippen molar-refractivity contribution in [2.75, 3.05) is 10.8 Å². The molecule has 0 aromatic heterocycles. The second-order valence-electron chi connectivity index (χ2n) is 11.0. The maximum absolute atomic E-state index is 14.5. The molecule has 0 aliphatic carbocycles. The highest BCUT2D eigenvalue weighted by Crippen LogP contribution is 2.27. The van der Waals surface area contributed by atoms with Crippen LogP contribution in [-0.4, -0.2) is 43.8 Å². The number of amides is 2. The first-order valence-electron chi connectivity index (χ1n) is 14.7. The molecule has 0 aliphatic heterocycles. The van der Waals surface area contributed by atoms with E-state index in [1.165, 1.54) is 17.0 Å². The predicted molar refractivity (Wildman–Crippen MR) is 184 cm³/mol. The number of sulfonamides is 1. The summed E-state index contributed by atoms with van der Waals surface area (Å²) in [6.45, 7) is 5.31. The number of nitrogens with one attached hydrogen (secondary N) is 1. The topological polar surface area (TPSA) is 86.8 Å². The quantitative estimate of drug-likeness (QED) is 0.160. The van der Waals surface area contributed by atoms with Gasteiger partial charge in [-0.2, -0.15) is 0 Å².